The van der Waals surface area contributed by atoms with Gasteiger partial charge in [0.25, 0.3) is 11.5 Å². The van der Waals surface area contributed by atoms with Crippen molar-refractivity contribution >= 4 is 5.91 Å². The van der Waals surface area contributed by atoms with Gasteiger partial charge >= 0.3 is 0 Å². The fraction of sp³-hybridized carbons (Fsp3) is 0.556. The third-order valence-electron chi connectivity index (χ3n) is 4.66. The van der Waals surface area contributed by atoms with Crippen LogP contribution < -0.4 is 5.56 Å². The molecule has 25 heavy (non-hydrogen) atoms. The summed E-state index contributed by atoms with van der Waals surface area (Å²) in [6.45, 7) is 5.97. The predicted molar refractivity (Wildman–Crippen MR) is 94.6 cm³/mol. The number of rotatable bonds is 5. The average Bonchev–Trinajstić information content (AvgIpc) is 3.12. The lowest BCUT2D eigenvalue weighted by Gasteiger charge is -2.34. The van der Waals surface area contributed by atoms with Crippen molar-refractivity contribution < 1.29 is 4.79 Å². The van der Waals surface area contributed by atoms with E-state index in [1.54, 1.807) is 0 Å². The molecule has 0 saturated carbocycles. The Morgan fingerprint density at radius 1 is 1.32 bits per heavy atom. The van der Waals surface area contributed by atoms with Gasteiger partial charge in [0.05, 0.1) is 6.04 Å². The van der Waals surface area contributed by atoms with E-state index in [2.05, 4.69) is 21.6 Å². The molecule has 7 nitrogen and oxygen atoms in total. The summed E-state index contributed by atoms with van der Waals surface area (Å²) < 4.78 is 3.56. The molecule has 0 radical (unpaired) electrons. The summed E-state index contributed by atoms with van der Waals surface area (Å²) in [4.78, 5) is 30.9. The van der Waals surface area contributed by atoms with E-state index in [0.29, 0.717) is 18.8 Å². The number of imidazole rings is 1. The SMILES string of the molecule is CCCn1nc(C(=O)N2CCCC(n3ccnc3CC)C2)ccc1=O. The molecule has 0 N–H and O–H groups in total. The van der Waals surface area contributed by atoms with E-state index in [-0.39, 0.29) is 17.5 Å². The zero-order valence-electron chi connectivity index (χ0n) is 14.9. The van der Waals surface area contributed by atoms with E-state index in [4.69, 9.17) is 0 Å². The standard InChI is InChI=1S/C18H25N5O2/c1-3-10-23-17(24)8-7-15(20-23)18(25)21-11-5-6-14(13-21)22-12-9-19-16(22)4-2/h7-9,12,14H,3-6,10-11,13H2,1-2H3. The summed E-state index contributed by atoms with van der Waals surface area (Å²) >= 11 is 0. The van der Waals surface area contributed by atoms with Crippen molar-refractivity contribution in [2.45, 2.75) is 52.1 Å². The van der Waals surface area contributed by atoms with E-state index in [9.17, 15) is 9.59 Å². The molecule has 3 rings (SSSR count). The maximum absolute atomic E-state index is 12.9. The Kier molecular flexibility index (Phi) is 5.31. The van der Waals surface area contributed by atoms with E-state index in [0.717, 1.165) is 38.1 Å². The molecule has 2 aromatic heterocycles. The number of carbonyl (C=O) groups is 1. The van der Waals surface area contributed by atoms with Crippen LogP contribution in [-0.2, 0) is 13.0 Å². The van der Waals surface area contributed by atoms with Crippen molar-refractivity contribution in [3.05, 3.63) is 46.4 Å². The Bertz CT molecular complexity index is 795. The number of carbonyl (C=O) groups excluding carboxylic acids is 1. The number of likely N-dealkylation sites (tertiary alicyclic amines) is 1. The summed E-state index contributed by atoms with van der Waals surface area (Å²) in [6, 6.07) is 3.22. The lowest BCUT2D eigenvalue weighted by atomic mass is 10.0. The average molecular weight is 343 g/mol. The minimum atomic E-state index is -0.166. The molecule has 0 aromatic carbocycles. The normalized spacial score (nSPS) is 17.7. The second-order valence-corrected chi connectivity index (χ2v) is 6.43. The highest BCUT2D eigenvalue weighted by Crippen LogP contribution is 2.23. The topological polar surface area (TPSA) is 73.0 Å². The molecule has 1 amide bonds. The monoisotopic (exact) mass is 343 g/mol. The van der Waals surface area contributed by atoms with E-state index in [1.165, 1.54) is 16.8 Å². The van der Waals surface area contributed by atoms with Crippen molar-refractivity contribution in [1.29, 1.82) is 0 Å². The molecule has 1 atom stereocenters. The van der Waals surface area contributed by atoms with Gasteiger partial charge in [0, 0.05) is 44.5 Å². The van der Waals surface area contributed by atoms with Crippen LogP contribution in [0.5, 0.6) is 0 Å². The first kappa shape index (κ1) is 17.4. The Balaban J connectivity index is 1.78. The van der Waals surface area contributed by atoms with Crippen LogP contribution in [0.4, 0.5) is 0 Å². The van der Waals surface area contributed by atoms with Crippen LogP contribution in [0.2, 0.25) is 0 Å². The Morgan fingerprint density at radius 3 is 2.92 bits per heavy atom. The molecule has 134 valence electrons. The van der Waals surface area contributed by atoms with Crippen LogP contribution in [0.15, 0.2) is 29.3 Å². The third-order valence-corrected chi connectivity index (χ3v) is 4.66. The largest absolute Gasteiger partial charge is 0.335 e. The number of hydrogen-bond donors (Lipinski definition) is 0. The summed E-state index contributed by atoms with van der Waals surface area (Å²) in [5, 5.41) is 4.25. The molecule has 0 bridgehead atoms. The van der Waals surface area contributed by atoms with Crippen molar-refractivity contribution in [3.63, 3.8) is 0 Å². The van der Waals surface area contributed by atoms with Gasteiger partial charge in [-0.2, -0.15) is 5.10 Å². The van der Waals surface area contributed by atoms with Gasteiger partial charge in [-0.05, 0) is 25.3 Å². The Hall–Kier alpha value is -2.44. The summed E-state index contributed by atoms with van der Waals surface area (Å²) in [7, 11) is 0. The zero-order chi connectivity index (χ0) is 17.8. The second kappa shape index (κ2) is 7.63. The number of nitrogens with zero attached hydrogens (tertiary/aromatic N) is 5. The van der Waals surface area contributed by atoms with Gasteiger partial charge in [-0.3, -0.25) is 9.59 Å². The molecule has 1 fully saturated rings. The van der Waals surface area contributed by atoms with Gasteiger partial charge in [0.15, 0.2) is 0 Å². The number of piperidine rings is 1. The van der Waals surface area contributed by atoms with Gasteiger partial charge in [-0.15, -0.1) is 0 Å². The molecule has 7 heteroatoms. The predicted octanol–water partition coefficient (Wildman–Crippen LogP) is 1.89. The summed E-state index contributed by atoms with van der Waals surface area (Å²) in [6.07, 6.45) is 7.49. The lowest BCUT2D eigenvalue weighted by Crippen LogP contribution is -2.42. The van der Waals surface area contributed by atoms with Crippen LogP contribution in [-0.4, -0.2) is 43.2 Å². The number of hydrogen-bond acceptors (Lipinski definition) is 4. The van der Waals surface area contributed by atoms with Crippen molar-refractivity contribution in [3.8, 4) is 0 Å². The molecule has 1 aliphatic rings. The second-order valence-electron chi connectivity index (χ2n) is 6.43. The fourth-order valence-corrected chi connectivity index (χ4v) is 3.41. The Morgan fingerprint density at radius 2 is 2.16 bits per heavy atom. The van der Waals surface area contributed by atoms with Crippen LogP contribution >= 0.6 is 0 Å². The first-order valence-corrected chi connectivity index (χ1v) is 9.03. The van der Waals surface area contributed by atoms with Crippen LogP contribution in [0.1, 0.15) is 55.5 Å². The minimum absolute atomic E-state index is 0.104. The highest BCUT2D eigenvalue weighted by molar-refractivity contribution is 5.92. The van der Waals surface area contributed by atoms with Crippen molar-refractivity contribution in [1.82, 2.24) is 24.2 Å². The van der Waals surface area contributed by atoms with E-state index < -0.39 is 0 Å². The molecule has 0 aliphatic carbocycles. The first-order chi connectivity index (χ1) is 12.1. The van der Waals surface area contributed by atoms with Crippen LogP contribution in [0.25, 0.3) is 0 Å². The van der Waals surface area contributed by atoms with Crippen molar-refractivity contribution in [2.24, 2.45) is 0 Å². The summed E-state index contributed by atoms with van der Waals surface area (Å²) in [5.41, 5.74) is 0.177. The molecular formula is C18H25N5O2. The highest BCUT2D eigenvalue weighted by atomic mass is 16.2. The lowest BCUT2D eigenvalue weighted by molar-refractivity contribution is 0.0669. The van der Waals surface area contributed by atoms with Gasteiger partial charge in [0.2, 0.25) is 0 Å². The van der Waals surface area contributed by atoms with Crippen molar-refractivity contribution in [2.75, 3.05) is 13.1 Å². The first-order valence-electron chi connectivity index (χ1n) is 9.03. The number of aromatic nitrogens is 4. The Labute approximate surface area is 147 Å². The number of aryl methyl sites for hydroxylation is 2. The highest BCUT2D eigenvalue weighted by Gasteiger charge is 2.27. The summed E-state index contributed by atoms with van der Waals surface area (Å²) in [5.74, 6) is 0.946. The number of amides is 1. The molecule has 1 saturated heterocycles. The molecule has 1 unspecified atom stereocenters. The van der Waals surface area contributed by atoms with Gasteiger partial charge in [-0.25, -0.2) is 9.67 Å². The molecule has 1 aliphatic heterocycles. The van der Waals surface area contributed by atoms with Gasteiger partial charge in [-0.1, -0.05) is 13.8 Å². The smallest absolute Gasteiger partial charge is 0.274 e. The van der Waals surface area contributed by atoms with E-state index in [1.807, 2.05) is 24.2 Å². The molecule has 3 heterocycles. The van der Waals surface area contributed by atoms with E-state index >= 15 is 0 Å². The van der Waals surface area contributed by atoms with Gasteiger partial charge in [0.1, 0.15) is 11.5 Å². The molecular weight excluding hydrogens is 318 g/mol. The zero-order valence-corrected chi connectivity index (χ0v) is 14.9. The maximum atomic E-state index is 12.9. The molecule has 0 spiro atoms. The minimum Gasteiger partial charge on any atom is -0.335 e. The fourth-order valence-electron chi connectivity index (χ4n) is 3.41. The maximum Gasteiger partial charge on any atom is 0.274 e. The third kappa shape index (κ3) is 3.65. The van der Waals surface area contributed by atoms with Crippen LogP contribution in [0.3, 0.4) is 0 Å². The molecule has 2 aromatic rings. The van der Waals surface area contributed by atoms with Crippen LogP contribution in [0, 0.1) is 0 Å². The quantitative estimate of drug-likeness (QED) is 0.831. The van der Waals surface area contributed by atoms with Gasteiger partial charge < -0.3 is 9.47 Å².